The zero-order valence-corrected chi connectivity index (χ0v) is 29.2. The Balaban J connectivity index is 1.37. The van der Waals surface area contributed by atoms with Crippen molar-refractivity contribution in [3.8, 4) is 22.5 Å². The zero-order valence-electron chi connectivity index (χ0n) is 29.2. The van der Waals surface area contributed by atoms with E-state index in [0.29, 0.717) is 0 Å². The Kier molecular flexibility index (Phi) is 6.13. The predicted octanol–water partition coefficient (Wildman–Crippen LogP) is 13.0. The molecule has 0 bridgehead atoms. The van der Waals surface area contributed by atoms with E-state index in [1.54, 1.807) is 0 Å². The maximum Gasteiger partial charge on any atom is 0.0549 e. The second-order valence-electron chi connectivity index (χ2n) is 15.7. The highest BCUT2D eigenvalue weighted by Gasteiger charge is 2.38. The number of aromatic nitrogens is 2. The quantitative estimate of drug-likeness (QED) is 0.181. The van der Waals surface area contributed by atoms with Crippen molar-refractivity contribution in [1.29, 1.82) is 0 Å². The van der Waals surface area contributed by atoms with Gasteiger partial charge in [-0.05, 0) is 111 Å². The third-order valence-corrected chi connectivity index (χ3v) is 11.8. The summed E-state index contributed by atoms with van der Waals surface area (Å²) in [7, 11) is 0. The molecule has 0 radical (unpaired) electrons. The van der Waals surface area contributed by atoms with Gasteiger partial charge in [-0.3, -0.25) is 0 Å². The first-order valence-electron chi connectivity index (χ1n) is 18.0. The molecule has 0 fully saturated rings. The van der Waals surface area contributed by atoms with Gasteiger partial charge in [0.2, 0.25) is 0 Å². The number of nitrogens with zero attached hydrogens (tertiary/aromatic N) is 2. The lowest BCUT2D eigenvalue weighted by molar-refractivity contribution is 0.332. The molecule has 7 aromatic carbocycles. The maximum absolute atomic E-state index is 2.56. The summed E-state index contributed by atoms with van der Waals surface area (Å²) in [6.45, 7) is 9.74. The van der Waals surface area contributed by atoms with Crippen LogP contribution in [-0.4, -0.2) is 9.13 Å². The van der Waals surface area contributed by atoms with E-state index in [-0.39, 0.29) is 10.8 Å². The smallest absolute Gasteiger partial charge is 0.0549 e. The molecular weight excluding hydrogens is 605 g/mol. The Morgan fingerprint density at radius 2 is 0.920 bits per heavy atom. The molecule has 0 aliphatic heterocycles. The fraction of sp³-hybridized carbons (Fsp3) is 0.167. The third-order valence-electron chi connectivity index (χ3n) is 11.8. The molecule has 0 saturated heterocycles. The van der Waals surface area contributed by atoms with Gasteiger partial charge in [0.25, 0.3) is 0 Å². The molecule has 2 nitrogen and oxygen atoms in total. The number of benzene rings is 7. The Bertz CT molecular complexity index is 2780. The van der Waals surface area contributed by atoms with E-state index in [2.05, 4.69) is 182 Å². The summed E-state index contributed by atoms with van der Waals surface area (Å²) in [5.74, 6) is 0. The normalized spacial score (nSPS) is 15.4. The van der Waals surface area contributed by atoms with Gasteiger partial charge in [-0.15, -0.1) is 0 Å². The van der Waals surface area contributed by atoms with Crippen LogP contribution in [0.3, 0.4) is 0 Å². The van der Waals surface area contributed by atoms with Crippen LogP contribution in [0.1, 0.15) is 51.7 Å². The number of hydrogen-bond donors (Lipinski definition) is 0. The first-order chi connectivity index (χ1) is 24.3. The fourth-order valence-electron chi connectivity index (χ4n) is 8.92. The molecular formula is C48H40N2. The fourth-order valence-corrected chi connectivity index (χ4v) is 8.92. The topological polar surface area (TPSA) is 9.86 Å². The van der Waals surface area contributed by atoms with Crippen LogP contribution in [0.25, 0.3) is 76.9 Å². The van der Waals surface area contributed by atoms with Gasteiger partial charge in [-0.2, -0.15) is 0 Å². The van der Waals surface area contributed by atoms with Gasteiger partial charge in [-0.25, -0.2) is 0 Å². The van der Waals surface area contributed by atoms with Gasteiger partial charge >= 0.3 is 0 Å². The van der Waals surface area contributed by atoms with E-state index >= 15 is 0 Å². The van der Waals surface area contributed by atoms with Crippen LogP contribution in [0.5, 0.6) is 0 Å². The second kappa shape index (κ2) is 10.5. The van der Waals surface area contributed by atoms with Crippen molar-refractivity contribution in [3.63, 3.8) is 0 Å². The van der Waals surface area contributed by atoms with E-state index in [0.717, 1.165) is 0 Å². The minimum absolute atomic E-state index is 0.112. The molecule has 2 aromatic heterocycles. The Morgan fingerprint density at radius 1 is 0.400 bits per heavy atom. The highest BCUT2D eigenvalue weighted by Crippen LogP contribution is 2.49. The van der Waals surface area contributed by atoms with Crippen molar-refractivity contribution in [3.05, 3.63) is 157 Å². The van der Waals surface area contributed by atoms with E-state index in [4.69, 9.17) is 0 Å². The summed E-state index contributed by atoms with van der Waals surface area (Å²) in [5, 5.41) is 7.77. The highest BCUT2D eigenvalue weighted by atomic mass is 15.0. The zero-order chi connectivity index (χ0) is 33.8. The summed E-state index contributed by atoms with van der Waals surface area (Å²) in [5.41, 5.74) is 13.1. The minimum Gasteiger partial charge on any atom is -0.309 e. The summed E-state index contributed by atoms with van der Waals surface area (Å²) in [4.78, 5) is 0. The van der Waals surface area contributed by atoms with Crippen LogP contribution in [-0.2, 0) is 10.8 Å². The van der Waals surface area contributed by atoms with Crippen molar-refractivity contribution in [2.24, 2.45) is 0 Å². The van der Waals surface area contributed by atoms with E-state index < -0.39 is 0 Å². The van der Waals surface area contributed by atoms with Crippen LogP contribution < -0.4 is 0 Å². The molecule has 2 heteroatoms. The molecule has 50 heavy (non-hydrogen) atoms. The lowest BCUT2D eigenvalue weighted by atomic mass is 9.63. The Hall–Kier alpha value is -5.60. The van der Waals surface area contributed by atoms with Crippen LogP contribution in [0.15, 0.2) is 146 Å². The van der Waals surface area contributed by atoms with E-state index in [1.807, 2.05) is 0 Å². The molecule has 9 aromatic rings. The average Bonchev–Trinajstić information content (AvgIpc) is 3.64. The SMILES string of the molecule is CC1(C)CCC(C)(C)c2cc3c(cc21)c1cc2c(cc1n3-c1ccc(-c3ccccc3)cc1)c1c3ccccc3ccc1n2-c1ccccc1. The number of hydrogen-bond acceptors (Lipinski definition) is 0. The molecule has 0 spiro atoms. The van der Waals surface area contributed by atoms with Gasteiger partial charge in [0, 0.05) is 32.9 Å². The third kappa shape index (κ3) is 4.21. The molecule has 0 unspecified atom stereocenters. The minimum atomic E-state index is 0.112. The molecule has 2 heterocycles. The summed E-state index contributed by atoms with van der Waals surface area (Å²) >= 11 is 0. The summed E-state index contributed by atoms with van der Waals surface area (Å²) in [6.07, 6.45) is 2.38. The van der Waals surface area contributed by atoms with Crippen LogP contribution in [0.2, 0.25) is 0 Å². The molecule has 0 saturated carbocycles. The van der Waals surface area contributed by atoms with E-state index in [1.165, 1.54) is 101 Å². The standard InChI is InChI=1S/C48H40N2/c1-47(2)25-26-48(3,4)41-30-45-37(27-40(41)47)38-28-44-39(29-43(38)50(45)35-22-19-32(20-23-35)31-13-7-5-8-14-31)46-36-18-12-11-15-33(36)21-24-42(46)49(44)34-16-9-6-10-17-34/h5-24,27-30H,25-26H2,1-4H3. The maximum atomic E-state index is 2.56. The predicted molar refractivity (Wildman–Crippen MR) is 213 cm³/mol. The first kappa shape index (κ1) is 29.3. The molecule has 242 valence electrons. The van der Waals surface area contributed by atoms with Gasteiger partial charge < -0.3 is 9.13 Å². The number of fused-ring (bicyclic) bond motifs is 9. The van der Waals surface area contributed by atoms with Crippen LogP contribution in [0, 0.1) is 0 Å². The first-order valence-corrected chi connectivity index (χ1v) is 18.0. The molecule has 0 amide bonds. The van der Waals surface area contributed by atoms with Gasteiger partial charge in [0.05, 0.1) is 22.1 Å². The second-order valence-corrected chi connectivity index (χ2v) is 15.7. The van der Waals surface area contributed by atoms with Crippen LogP contribution >= 0.6 is 0 Å². The van der Waals surface area contributed by atoms with Gasteiger partial charge in [-0.1, -0.05) is 119 Å². The Morgan fingerprint density at radius 3 is 1.66 bits per heavy atom. The molecule has 10 rings (SSSR count). The molecule has 1 aliphatic carbocycles. The van der Waals surface area contributed by atoms with Crippen molar-refractivity contribution in [2.45, 2.75) is 51.4 Å². The van der Waals surface area contributed by atoms with Crippen molar-refractivity contribution < 1.29 is 0 Å². The number of rotatable bonds is 3. The molecule has 0 atom stereocenters. The van der Waals surface area contributed by atoms with Gasteiger partial charge in [0.15, 0.2) is 0 Å². The van der Waals surface area contributed by atoms with E-state index in [9.17, 15) is 0 Å². The summed E-state index contributed by atoms with van der Waals surface area (Å²) < 4.78 is 5.01. The lowest BCUT2D eigenvalue weighted by Crippen LogP contribution is -2.33. The van der Waals surface area contributed by atoms with Crippen molar-refractivity contribution >= 4 is 54.4 Å². The largest absolute Gasteiger partial charge is 0.309 e. The number of para-hydroxylation sites is 1. The highest BCUT2D eigenvalue weighted by molar-refractivity contribution is 6.25. The Labute approximate surface area is 293 Å². The average molecular weight is 645 g/mol. The van der Waals surface area contributed by atoms with Crippen molar-refractivity contribution in [1.82, 2.24) is 9.13 Å². The molecule has 1 aliphatic rings. The molecule has 0 N–H and O–H groups in total. The van der Waals surface area contributed by atoms with Gasteiger partial charge in [0.1, 0.15) is 0 Å². The van der Waals surface area contributed by atoms with Crippen molar-refractivity contribution in [2.75, 3.05) is 0 Å². The lowest BCUT2D eigenvalue weighted by Gasteiger charge is -2.42. The monoisotopic (exact) mass is 644 g/mol. The van der Waals surface area contributed by atoms with Crippen LogP contribution in [0.4, 0.5) is 0 Å². The summed E-state index contributed by atoms with van der Waals surface area (Å²) in [6, 6.07) is 54.2.